The van der Waals surface area contributed by atoms with Crippen molar-refractivity contribution < 1.29 is 9.53 Å². The topological polar surface area (TPSA) is 29.5 Å². The Morgan fingerprint density at radius 3 is 2.76 bits per heavy atom. The van der Waals surface area contributed by atoms with E-state index in [9.17, 15) is 4.79 Å². The number of nitrogens with zero attached hydrogens (tertiary/aromatic N) is 1. The van der Waals surface area contributed by atoms with Gasteiger partial charge in [0.25, 0.3) is 0 Å². The summed E-state index contributed by atoms with van der Waals surface area (Å²) in [7, 11) is 0. The minimum Gasteiger partial charge on any atom is -0.369 e. The second-order valence-electron chi connectivity index (χ2n) is 15.2. The summed E-state index contributed by atoms with van der Waals surface area (Å²) in [6.45, 7) is 7.31. The molecule has 9 rings (SSSR count). The molecule has 3 spiro atoms. The predicted octanol–water partition coefficient (Wildman–Crippen LogP) is 6.57. The molecule has 0 bridgehead atoms. The molecular formula is C34H43NO2. The molecule has 2 aliphatic heterocycles. The molecule has 196 valence electrons. The molecular weight excluding hydrogens is 454 g/mol. The van der Waals surface area contributed by atoms with Crippen LogP contribution in [0, 0.1) is 45.8 Å². The SMILES string of the molecule is C[C@H]1C[C@H]2O[C@@]34CC[C@H]5C6CCC7=CC(=O)CC[C@]7(C)[C@H]6CC56CC63C[C@@H]4[C@@H]2N(Cc2ccccc2)C1. The number of piperidine rings is 1. The summed E-state index contributed by atoms with van der Waals surface area (Å²) in [6.07, 6.45) is 15.2. The van der Waals surface area contributed by atoms with Gasteiger partial charge in [0.15, 0.2) is 5.78 Å². The number of carbonyl (C=O) groups excluding carboxylic acids is 1. The third-order valence-corrected chi connectivity index (χ3v) is 14.1. The van der Waals surface area contributed by atoms with Crippen LogP contribution in [0.5, 0.6) is 0 Å². The highest BCUT2D eigenvalue weighted by Gasteiger charge is 2.91. The van der Waals surface area contributed by atoms with E-state index in [-0.39, 0.29) is 11.0 Å². The highest BCUT2D eigenvalue weighted by Crippen LogP contribution is 2.93. The number of hydrogen-bond donors (Lipinski definition) is 0. The molecule has 0 amide bonds. The molecule has 37 heavy (non-hydrogen) atoms. The Morgan fingerprint density at radius 2 is 1.89 bits per heavy atom. The number of allylic oxidation sites excluding steroid dienone is 2. The highest BCUT2D eigenvalue weighted by atomic mass is 16.5. The van der Waals surface area contributed by atoms with Crippen LogP contribution in [0.4, 0.5) is 0 Å². The lowest BCUT2D eigenvalue weighted by molar-refractivity contribution is -0.211. The molecule has 0 aromatic heterocycles. The molecule has 3 heteroatoms. The summed E-state index contributed by atoms with van der Waals surface area (Å²) in [5.74, 6) is 4.47. The monoisotopic (exact) mass is 497 g/mol. The molecule has 2 heterocycles. The fourth-order valence-electron chi connectivity index (χ4n) is 12.8. The van der Waals surface area contributed by atoms with Crippen LogP contribution in [0.2, 0.25) is 0 Å². The van der Waals surface area contributed by atoms with Crippen molar-refractivity contribution in [3.8, 4) is 0 Å². The Hall–Kier alpha value is -1.45. The minimum atomic E-state index is 0.174. The van der Waals surface area contributed by atoms with Crippen molar-refractivity contribution in [2.75, 3.05) is 6.54 Å². The number of benzene rings is 1. The number of fused-ring (bicyclic) bond motifs is 6. The molecule has 1 aromatic carbocycles. The number of ether oxygens (including phenoxy) is 1. The van der Waals surface area contributed by atoms with Crippen molar-refractivity contribution >= 4 is 5.78 Å². The van der Waals surface area contributed by atoms with Crippen LogP contribution < -0.4 is 0 Å². The normalized spacial score (nSPS) is 54.9. The number of likely N-dealkylation sites (tertiary alicyclic amines) is 1. The van der Waals surface area contributed by atoms with E-state index < -0.39 is 0 Å². The van der Waals surface area contributed by atoms with Crippen molar-refractivity contribution in [2.45, 2.75) is 102 Å². The molecule has 0 radical (unpaired) electrons. The van der Waals surface area contributed by atoms with Crippen LogP contribution in [0.25, 0.3) is 0 Å². The van der Waals surface area contributed by atoms with Gasteiger partial charge in [-0.3, -0.25) is 9.69 Å². The molecule has 7 fully saturated rings. The quantitative estimate of drug-likeness (QED) is 0.463. The molecule has 11 atom stereocenters. The zero-order chi connectivity index (χ0) is 24.8. The Bertz CT molecular complexity index is 1210. The van der Waals surface area contributed by atoms with Gasteiger partial charge in [-0.25, -0.2) is 0 Å². The largest absolute Gasteiger partial charge is 0.369 e. The van der Waals surface area contributed by atoms with Crippen LogP contribution in [-0.4, -0.2) is 35.0 Å². The van der Waals surface area contributed by atoms with Gasteiger partial charge in [-0.05, 0) is 104 Å². The van der Waals surface area contributed by atoms with Crippen molar-refractivity contribution in [1.29, 1.82) is 0 Å². The fourth-order valence-corrected chi connectivity index (χ4v) is 12.8. The van der Waals surface area contributed by atoms with E-state index in [0.29, 0.717) is 34.7 Å². The summed E-state index contributed by atoms with van der Waals surface area (Å²) >= 11 is 0. The van der Waals surface area contributed by atoms with Crippen molar-refractivity contribution in [2.24, 2.45) is 45.8 Å². The van der Waals surface area contributed by atoms with Crippen LogP contribution in [0.1, 0.15) is 83.6 Å². The van der Waals surface area contributed by atoms with E-state index in [1.54, 1.807) is 0 Å². The molecule has 5 saturated carbocycles. The maximum absolute atomic E-state index is 12.3. The molecule has 3 unspecified atom stereocenters. The number of rotatable bonds is 2. The van der Waals surface area contributed by atoms with E-state index in [2.05, 4.69) is 55.2 Å². The smallest absolute Gasteiger partial charge is 0.155 e. The van der Waals surface area contributed by atoms with Crippen molar-refractivity contribution in [3.05, 3.63) is 47.5 Å². The average Bonchev–Trinajstić information content (AvgIpc) is 3.36. The molecule has 6 aliphatic carbocycles. The molecule has 3 nitrogen and oxygen atoms in total. The van der Waals surface area contributed by atoms with Gasteiger partial charge in [-0.2, -0.15) is 0 Å². The van der Waals surface area contributed by atoms with Crippen LogP contribution in [0.3, 0.4) is 0 Å². The maximum Gasteiger partial charge on any atom is 0.155 e. The van der Waals surface area contributed by atoms with Crippen LogP contribution in [0.15, 0.2) is 42.0 Å². The van der Waals surface area contributed by atoms with Gasteiger partial charge in [0.05, 0.1) is 11.7 Å². The highest BCUT2D eigenvalue weighted by molar-refractivity contribution is 5.91. The second-order valence-corrected chi connectivity index (χ2v) is 15.2. The Kier molecular flexibility index (Phi) is 4.23. The van der Waals surface area contributed by atoms with Gasteiger partial charge < -0.3 is 4.74 Å². The summed E-state index contributed by atoms with van der Waals surface area (Å²) in [5, 5.41) is 0. The number of ketones is 1. The van der Waals surface area contributed by atoms with Crippen LogP contribution in [-0.2, 0) is 16.1 Å². The molecule has 1 aromatic rings. The molecule has 2 saturated heterocycles. The van der Waals surface area contributed by atoms with Gasteiger partial charge in [0.2, 0.25) is 0 Å². The van der Waals surface area contributed by atoms with E-state index >= 15 is 0 Å². The van der Waals surface area contributed by atoms with Crippen LogP contribution >= 0.6 is 0 Å². The second kappa shape index (κ2) is 7.00. The molecule has 8 aliphatic rings. The third-order valence-electron chi connectivity index (χ3n) is 14.1. The number of carbonyl (C=O) groups is 1. The Balaban J connectivity index is 1.04. The number of hydrogen-bond acceptors (Lipinski definition) is 3. The first-order valence-corrected chi connectivity index (χ1v) is 15.6. The van der Waals surface area contributed by atoms with Gasteiger partial charge in [0.1, 0.15) is 0 Å². The zero-order valence-electron chi connectivity index (χ0n) is 22.8. The minimum absolute atomic E-state index is 0.174. The van der Waals surface area contributed by atoms with Gasteiger partial charge in [-0.15, -0.1) is 0 Å². The first-order chi connectivity index (χ1) is 17.9. The third kappa shape index (κ3) is 2.52. The van der Waals surface area contributed by atoms with Crippen molar-refractivity contribution in [3.63, 3.8) is 0 Å². The summed E-state index contributed by atoms with van der Waals surface area (Å²) in [6, 6.07) is 11.8. The Labute approximate surface area is 222 Å². The first kappa shape index (κ1) is 22.4. The lowest BCUT2D eigenvalue weighted by atomic mass is 9.47. The van der Waals surface area contributed by atoms with Gasteiger partial charge in [0, 0.05) is 36.9 Å². The summed E-state index contributed by atoms with van der Waals surface area (Å²) in [5.41, 5.74) is 4.47. The van der Waals surface area contributed by atoms with Gasteiger partial charge >= 0.3 is 0 Å². The summed E-state index contributed by atoms with van der Waals surface area (Å²) in [4.78, 5) is 15.1. The lowest BCUT2D eigenvalue weighted by Crippen LogP contribution is -2.64. The summed E-state index contributed by atoms with van der Waals surface area (Å²) < 4.78 is 7.44. The van der Waals surface area contributed by atoms with Crippen molar-refractivity contribution in [1.82, 2.24) is 4.90 Å². The van der Waals surface area contributed by atoms with E-state index in [1.807, 2.05) is 0 Å². The maximum atomic E-state index is 12.3. The zero-order valence-corrected chi connectivity index (χ0v) is 22.8. The standard InChI is InChI=1S/C34H43NO2/c1-21-14-29-30(35(18-21)19-22-6-4-3-5-7-22)28-17-33-20-32(33)16-27-25(26(32)11-13-34(28,33)37-29)9-8-23-15-24(36)10-12-31(23,27)2/h3-7,15,21,25-30H,8-14,16-20H2,1-2H3/t21-,25?,26-,27-,28+,29+,30-,31-,32?,33?,34+/m0/s1. The van der Waals surface area contributed by atoms with E-state index in [0.717, 1.165) is 43.1 Å². The van der Waals surface area contributed by atoms with E-state index in [4.69, 9.17) is 4.74 Å². The van der Waals surface area contributed by atoms with Gasteiger partial charge in [-0.1, -0.05) is 49.8 Å². The Morgan fingerprint density at radius 1 is 1.03 bits per heavy atom. The average molecular weight is 498 g/mol. The fraction of sp³-hybridized carbons (Fsp3) is 0.735. The predicted molar refractivity (Wildman–Crippen MR) is 144 cm³/mol. The molecule has 0 N–H and O–H groups in total. The lowest BCUT2D eigenvalue weighted by Gasteiger charge is -2.60. The first-order valence-electron chi connectivity index (χ1n) is 15.6. The van der Waals surface area contributed by atoms with E-state index in [1.165, 1.54) is 69.0 Å².